The maximum atomic E-state index is 6.13. The Hall–Kier alpha value is -2.02. The van der Waals surface area contributed by atoms with E-state index in [0.29, 0.717) is 0 Å². The molecule has 0 unspecified atom stereocenters. The topological polar surface area (TPSA) is 9.23 Å². The average molecular weight is 252 g/mol. The van der Waals surface area contributed by atoms with E-state index in [9.17, 15) is 0 Å². The largest absolute Gasteiger partial charge is 0.457 e. The zero-order valence-electron chi connectivity index (χ0n) is 12.0. The minimum absolute atomic E-state index is 0.899. The van der Waals surface area contributed by atoms with Gasteiger partial charge in [-0.15, -0.1) is 0 Å². The standard InChI is InChI=1S/C18H20O/c1-5-17(16-9-7-6-8-10-16)19-18-14(3)11-13(2)12-15(18)4/h5-12H,1-4H3. The van der Waals surface area contributed by atoms with E-state index >= 15 is 0 Å². The summed E-state index contributed by atoms with van der Waals surface area (Å²) in [5.41, 5.74) is 4.72. The number of hydrogen-bond donors (Lipinski definition) is 0. The number of allylic oxidation sites excluding steroid dienone is 1. The van der Waals surface area contributed by atoms with Crippen LogP contribution in [0.15, 0.2) is 48.5 Å². The van der Waals surface area contributed by atoms with Crippen LogP contribution in [0.25, 0.3) is 5.76 Å². The van der Waals surface area contributed by atoms with E-state index in [4.69, 9.17) is 4.74 Å². The maximum absolute atomic E-state index is 6.13. The minimum Gasteiger partial charge on any atom is -0.457 e. The normalized spacial score (nSPS) is 11.5. The summed E-state index contributed by atoms with van der Waals surface area (Å²) in [5.74, 6) is 1.86. The van der Waals surface area contributed by atoms with Crippen molar-refractivity contribution in [1.29, 1.82) is 0 Å². The van der Waals surface area contributed by atoms with Crippen molar-refractivity contribution < 1.29 is 4.74 Å². The Morgan fingerprint density at radius 2 is 1.53 bits per heavy atom. The highest BCUT2D eigenvalue weighted by Crippen LogP contribution is 2.29. The number of aryl methyl sites for hydroxylation is 3. The van der Waals surface area contributed by atoms with Gasteiger partial charge in [0.15, 0.2) is 0 Å². The van der Waals surface area contributed by atoms with Crippen LogP contribution in [0.5, 0.6) is 5.75 Å². The fraction of sp³-hybridized carbons (Fsp3) is 0.222. The molecule has 0 radical (unpaired) electrons. The van der Waals surface area contributed by atoms with Gasteiger partial charge in [-0.1, -0.05) is 48.0 Å². The lowest BCUT2D eigenvalue weighted by atomic mass is 10.1. The van der Waals surface area contributed by atoms with Gasteiger partial charge in [0.2, 0.25) is 0 Å². The zero-order chi connectivity index (χ0) is 13.8. The monoisotopic (exact) mass is 252 g/mol. The van der Waals surface area contributed by atoms with Crippen molar-refractivity contribution in [2.75, 3.05) is 0 Å². The van der Waals surface area contributed by atoms with Crippen molar-refractivity contribution >= 4 is 5.76 Å². The molecule has 1 nitrogen and oxygen atoms in total. The second kappa shape index (κ2) is 5.75. The first-order valence-corrected chi connectivity index (χ1v) is 6.59. The minimum atomic E-state index is 0.899. The summed E-state index contributed by atoms with van der Waals surface area (Å²) in [6.07, 6.45) is 2.01. The van der Waals surface area contributed by atoms with E-state index < -0.39 is 0 Å². The van der Waals surface area contributed by atoms with Crippen molar-refractivity contribution in [3.05, 3.63) is 70.8 Å². The van der Waals surface area contributed by atoms with Crippen LogP contribution < -0.4 is 4.74 Å². The summed E-state index contributed by atoms with van der Waals surface area (Å²) < 4.78 is 6.13. The molecule has 0 saturated carbocycles. The number of hydrogen-bond acceptors (Lipinski definition) is 1. The highest BCUT2D eigenvalue weighted by Gasteiger charge is 2.09. The fourth-order valence-corrected chi connectivity index (χ4v) is 2.32. The van der Waals surface area contributed by atoms with Crippen LogP contribution in [0.2, 0.25) is 0 Å². The van der Waals surface area contributed by atoms with E-state index in [0.717, 1.165) is 17.1 Å². The lowest BCUT2D eigenvalue weighted by Gasteiger charge is -2.15. The Kier molecular flexibility index (Phi) is 4.06. The van der Waals surface area contributed by atoms with E-state index in [1.165, 1.54) is 16.7 Å². The van der Waals surface area contributed by atoms with Gasteiger partial charge in [0.1, 0.15) is 11.5 Å². The van der Waals surface area contributed by atoms with Crippen LogP contribution >= 0.6 is 0 Å². The summed E-state index contributed by atoms with van der Waals surface area (Å²) in [6.45, 7) is 8.29. The van der Waals surface area contributed by atoms with Gasteiger partial charge in [-0.05, 0) is 44.9 Å². The van der Waals surface area contributed by atoms with Gasteiger partial charge in [0.25, 0.3) is 0 Å². The SMILES string of the molecule is CC=C(Oc1c(C)cc(C)cc1C)c1ccccc1. The first-order valence-electron chi connectivity index (χ1n) is 6.59. The highest BCUT2D eigenvalue weighted by molar-refractivity contribution is 5.63. The number of benzene rings is 2. The summed E-state index contributed by atoms with van der Waals surface area (Å²) >= 11 is 0. The van der Waals surface area contributed by atoms with Gasteiger partial charge in [-0.3, -0.25) is 0 Å². The maximum Gasteiger partial charge on any atom is 0.133 e. The molecule has 0 N–H and O–H groups in total. The molecule has 2 aromatic rings. The summed E-state index contributed by atoms with van der Waals surface area (Å²) in [5, 5.41) is 0. The van der Waals surface area contributed by atoms with E-state index in [1.807, 2.05) is 31.2 Å². The Morgan fingerprint density at radius 1 is 0.947 bits per heavy atom. The molecule has 0 bridgehead atoms. The number of rotatable bonds is 3. The molecule has 2 rings (SSSR count). The van der Waals surface area contributed by atoms with Gasteiger partial charge in [-0.25, -0.2) is 0 Å². The predicted molar refractivity (Wildman–Crippen MR) is 81.4 cm³/mol. The van der Waals surface area contributed by atoms with Crippen LogP contribution in [-0.2, 0) is 0 Å². The van der Waals surface area contributed by atoms with E-state index in [-0.39, 0.29) is 0 Å². The van der Waals surface area contributed by atoms with E-state index in [1.54, 1.807) is 0 Å². The second-order valence-corrected chi connectivity index (χ2v) is 4.85. The number of ether oxygens (including phenoxy) is 1. The third-order valence-electron chi connectivity index (χ3n) is 3.14. The molecule has 0 amide bonds. The molecule has 19 heavy (non-hydrogen) atoms. The highest BCUT2D eigenvalue weighted by atomic mass is 16.5. The van der Waals surface area contributed by atoms with Crippen molar-refractivity contribution in [2.24, 2.45) is 0 Å². The van der Waals surface area contributed by atoms with Crippen LogP contribution in [-0.4, -0.2) is 0 Å². The molecule has 1 heteroatoms. The quantitative estimate of drug-likeness (QED) is 0.694. The molecule has 0 fully saturated rings. The van der Waals surface area contributed by atoms with Crippen molar-refractivity contribution in [3.8, 4) is 5.75 Å². The van der Waals surface area contributed by atoms with Gasteiger partial charge in [-0.2, -0.15) is 0 Å². The second-order valence-electron chi connectivity index (χ2n) is 4.85. The van der Waals surface area contributed by atoms with Crippen LogP contribution in [0, 0.1) is 20.8 Å². The predicted octanol–water partition coefficient (Wildman–Crippen LogP) is 5.05. The van der Waals surface area contributed by atoms with Crippen LogP contribution in [0.3, 0.4) is 0 Å². The molecule has 0 atom stereocenters. The average Bonchev–Trinajstić information content (AvgIpc) is 2.39. The zero-order valence-corrected chi connectivity index (χ0v) is 12.0. The molecule has 2 aromatic carbocycles. The molecular weight excluding hydrogens is 232 g/mol. The molecule has 0 aliphatic heterocycles. The smallest absolute Gasteiger partial charge is 0.133 e. The third-order valence-corrected chi connectivity index (χ3v) is 3.14. The Balaban J connectivity index is 2.35. The Labute approximate surface area is 115 Å². The van der Waals surface area contributed by atoms with Crippen LogP contribution in [0.4, 0.5) is 0 Å². The fourth-order valence-electron chi connectivity index (χ4n) is 2.32. The van der Waals surface area contributed by atoms with Crippen LogP contribution in [0.1, 0.15) is 29.2 Å². The van der Waals surface area contributed by atoms with Gasteiger partial charge in [0.05, 0.1) is 0 Å². The molecule has 98 valence electrons. The molecule has 0 heterocycles. The van der Waals surface area contributed by atoms with Crippen molar-refractivity contribution in [2.45, 2.75) is 27.7 Å². The molecule has 0 aliphatic carbocycles. The lowest BCUT2D eigenvalue weighted by Crippen LogP contribution is -1.98. The van der Waals surface area contributed by atoms with Gasteiger partial charge in [0, 0.05) is 5.56 Å². The summed E-state index contributed by atoms with van der Waals surface area (Å²) in [7, 11) is 0. The van der Waals surface area contributed by atoms with Gasteiger partial charge < -0.3 is 4.74 Å². The van der Waals surface area contributed by atoms with Crippen molar-refractivity contribution in [1.82, 2.24) is 0 Å². The van der Waals surface area contributed by atoms with E-state index in [2.05, 4.69) is 45.0 Å². The Morgan fingerprint density at radius 3 is 2.05 bits per heavy atom. The molecule has 0 aromatic heterocycles. The first-order chi connectivity index (χ1) is 9.11. The van der Waals surface area contributed by atoms with Gasteiger partial charge >= 0.3 is 0 Å². The first kappa shape index (κ1) is 13.4. The molecule has 0 aliphatic rings. The molecular formula is C18H20O. The third kappa shape index (κ3) is 3.05. The molecule has 0 spiro atoms. The Bertz CT molecular complexity index is 571. The summed E-state index contributed by atoms with van der Waals surface area (Å²) in [6, 6.07) is 14.5. The lowest BCUT2D eigenvalue weighted by molar-refractivity contribution is 0.505. The van der Waals surface area contributed by atoms with Crippen molar-refractivity contribution in [3.63, 3.8) is 0 Å². The molecule has 0 saturated heterocycles. The summed E-state index contributed by atoms with van der Waals surface area (Å²) in [4.78, 5) is 0.